The first kappa shape index (κ1) is 15.4. The molecule has 2 saturated carbocycles. The van der Waals surface area contributed by atoms with E-state index in [1.54, 1.807) is 0 Å². The number of urea groups is 1. The summed E-state index contributed by atoms with van der Waals surface area (Å²) in [5.41, 5.74) is 0.480. The Morgan fingerprint density at radius 2 is 2.39 bits per heavy atom. The van der Waals surface area contributed by atoms with Gasteiger partial charge >= 0.3 is 6.03 Å². The predicted molar refractivity (Wildman–Crippen MR) is 87.7 cm³/mol. The predicted octanol–water partition coefficient (Wildman–Crippen LogP) is 2.32. The average Bonchev–Trinajstić information content (AvgIpc) is 3.31. The molecule has 0 unspecified atom stereocenters. The fourth-order valence-electron chi connectivity index (χ4n) is 4.36. The quantitative estimate of drug-likeness (QED) is 0.787. The third-order valence-electron chi connectivity index (χ3n) is 5.65. The number of ether oxygens (including phenoxy) is 1. The van der Waals surface area contributed by atoms with E-state index in [1.165, 1.54) is 37.0 Å². The van der Waals surface area contributed by atoms with Crippen molar-refractivity contribution in [1.29, 1.82) is 0 Å². The Balaban J connectivity index is 1.37. The number of carbonyl (C=O) groups excluding carboxylic acids is 1. The molecule has 2 bridgehead atoms. The van der Waals surface area contributed by atoms with E-state index in [4.69, 9.17) is 4.74 Å². The van der Waals surface area contributed by atoms with Gasteiger partial charge in [0, 0.05) is 17.9 Å². The lowest BCUT2D eigenvalue weighted by molar-refractivity contribution is 0.126. The van der Waals surface area contributed by atoms with Crippen LogP contribution in [0.3, 0.4) is 0 Å². The highest BCUT2D eigenvalue weighted by atomic mass is 32.1. The molecule has 0 spiro atoms. The summed E-state index contributed by atoms with van der Waals surface area (Å²) in [6.45, 7) is 0.798. The molecule has 2 heterocycles. The first-order chi connectivity index (χ1) is 11.2. The maximum Gasteiger partial charge on any atom is 0.321 e. The number of thiazole rings is 1. The normalized spacial score (nSPS) is 35.6. The molecule has 23 heavy (non-hydrogen) atoms. The lowest BCUT2D eigenvalue weighted by Crippen LogP contribution is -2.53. The zero-order valence-electron chi connectivity index (χ0n) is 13.1. The first-order valence-electron chi connectivity index (χ1n) is 8.41. The van der Waals surface area contributed by atoms with Crippen LogP contribution in [0.15, 0.2) is 5.38 Å². The summed E-state index contributed by atoms with van der Waals surface area (Å²) in [5, 5.41) is 17.9. The van der Waals surface area contributed by atoms with Gasteiger partial charge in [0.05, 0.1) is 24.4 Å². The van der Waals surface area contributed by atoms with E-state index < -0.39 is 5.54 Å². The Hall–Kier alpha value is -1.18. The lowest BCUT2D eigenvalue weighted by Gasteiger charge is -2.25. The number of carbonyl (C=O) groups is 1. The summed E-state index contributed by atoms with van der Waals surface area (Å²) < 4.78 is 5.29. The molecule has 1 saturated heterocycles. The third kappa shape index (κ3) is 2.97. The molecule has 4 atom stereocenters. The van der Waals surface area contributed by atoms with Gasteiger partial charge < -0.3 is 15.2 Å². The van der Waals surface area contributed by atoms with Crippen molar-refractivity contribution in [3.8, 4) is 0 Å². The van der Waals surface area contributed by atoms with Gasteiger partial charge in [0.1, 0.15) is 0 Å². The van der Waals surface area contributed by atoms with Gasteiger partial charge in [-0.3, -0.25) is 5.32 Å². The van der Waals surface area contributed by atoms with Gasteiger partial charge in [-0.05, 0) is 37.5 Å². The Bertz CT molecular complexity index is 585. The lowest BCUT2D eigenvalue weighted by atomic mass is 9.87. The third-order valence-corrected chi connectivity index (χ3v) is 6.42. The number of amides is 2. The summed E-state index contributed by atoms with van der Waals surface area (Å²) >= 11 is 1.48. The summed E-state index contributed by atoms with van der Waals surface area (Å²) in [6.07, 6.45) is 5.94. The van der Waals surface area contributed by atoms with Crippen molar-refractivity contribution in [2.45, 2.75) is 43.6 Å². The molecule has 2 aliphatic carbocycles. The highest BCUT2D eigenvalue weighted by Crippen LogP contribution is 2.52. The van der Waals surface area contributed by atoms with Crippen molar-refractivity contribution >= 4 is 22.5 Å². The van der Waals surface area contributed by atoms with E-state index >= 15 is 0 Å². The largest absolute Gasteiger partial charge is 0.394 e. The minimum atomic E-state index is -0.658. The summed E-state index contributed by atoms with van der Waals surface area (Å²) in [4.78, 5) is 16.8. The zero-order chi connectivity index (χ0) is 15.9. The molecule has 3 aliphatic rings. The number of aliphatic hydroxyl groups excluding tert-OH is 1. The minimum Gasteiger partial charge on any atom is -0.394 e. The van der Waals surface area contributed by atoms with Gasteiger partial charge in [-0.1, -0.05) is 6.42 Å². The van der Waals surface area contributed by atoms with Gasteiger partial charge in [-0.15, -0.1) is 11.3 Å². The number of rotatable bonds is 4. The van der Waals surface area contributed by atoms with E-state index in [2.05, 4.69) is 21.0 Å². The van der Waals surface area contributed by atoms with Crippen LogP contribution < -0.4 is 10.6 Å². The first-order valence-corrected chi connectivity index (χ1v) is 9.29. The Morgan fingerprint density at radius 1 is 1.48 bits per heavy atom. The van der Waals surface area contributed by atoms with Crippen LogP contribution in [0.4, 0.5) is 9.93 Å². The Labute approximate surface area is 139 Å². The molecule has 0 radical (unpaired) electrons. The average molecular weight is 337 g/mol. The topological polar surface area (TPSA) is 83.5 Å². The molecule has 3 fully saturated rings. The number of fused-ring (bicyclic) bond motifs is 2. The van der Waals surface area contributed by atoms with E-state index in [1.807, 2.05) is 0 Å². The monoisotopic (exact) mass is 337 g/mol. The fourth-order valence-corrected chi connectivity index (χ4v) is 5.13. The fraction of sp³-hybridized carbons (Fsp3) is 0.750. The molecule has 6 nitrogen and oxygen atoms in total. The maximum atomic E-state index is 12.2. The molecule has 1 aromatic rings. The second-order valence-corrected chi connectivity index (χ2v) is 8.04. The smallest absolute Gasteiger partial charge is 0.321 e. The molecule has 7 heteroatoms. The van der Waals surface area contributed by atoms with Crippen LogP contribution >= 0.6 is 11.3 Å². The van der Waals surface area contributed by atoms with E-state index in [9.17, 15) is 9.90 Å². The summed E-state index contributed by atoms with van der Waals surface area (Å²) in [5.74, 6) is 2.26. The number of hydrogen-bond donors (Lipinski definition) is 3. The standard InChI is InChI=1S/C16H23N3O3S/c20-8-16(3-4-22-9-16)19-14(21)18-15-17-13(7-23-15)12-6-10-1-2-11(12)5-10/h7,10-12,20H,1-6,8-9H2,(H2,17,18,19,21)/t10-,11-,12-,16+/m0/s1. The number of aromatic nitrogens is 1. The van der Waals surface area contributed by atoms with Gasteiger partial charge in [0.2, 0.25) is 0 Å². The number of hydrogen-bond acceptors (Lipinski definition) is 5. The molecule has 2 amide bonds. The highest BCUT2D eigenvalue weighted by Gasteiger charge is 2.41. The van der Waals surface area contributed by atoms with Crippen molar-refractivity contribution < 1.29 is 14.6 Å². The van der Waals surface area contributed by atoms with Gasteiger partial charge in [0.15, 0.2) is 5.13 Å². The van der Waals surface area contributed by atoms with Crippen LogP contribution in [-0.2, 0) is 4.74 Å². The number of anilines is 1. The maximum absolute atomic E-state index is 12.2. The van der Waals surface area contributed by atoms with Crippen LogP contribution in [0.2, 0.25) is 0 Å². The Kier molecular flexibility index (Phi) is 4.03. The number of aliphatic hydroxyl groups is 1. The van der Waals surface area contributed by atoms with E-state index in [0.717, 1.165) is 17.5 Å². The Morgan fingerprint density at radius 3 is 3.04 bits per heavy atom. The second-order valence-electron chi connectivity index (χ2n) is 7.18. The van der Waals surface area contributed by atoms with Gasteiger partial charge in [0.25, 0.3) is 0 Å². The van der Waals surface area contributed by atoms with Crippen LogP contribution in [0.25, 0.3) is 0 Å². The molecule has 1 aliphatic heterocycles. The van der Waals surface area contributed by atoms with E-state index in [0.29, 0.717) is 30.7 Å². The van der Waals surface area contributed by atoms with Crippen molar-refractivity contribution in [2.24, 2.45) is 11.8 Å². The zero-order valence-corrected chi connectivity index (χ0v) is 13.9. The molecule has 1 aromatic heterocycles. The SMILES string of the molecule is O=C(Nc1nc([C@H]2C[C@H]3CC[C@H]2C3)cs1)N[C@@]1(CO)CCOC1. The number of nitrogens with one attached hydrogen (secondary N) is 2. The molecule has 3 N–H and O–H groups in total. The van der Waals surface area contributed by atoms with Gasteiger partial charge in [-0.25, -0.2) is 9.78 Å². The van der Waals surface area contributed by atoms with Crippen LogP contribution in [0, 0.1) is 11.8 Å². The molecule has 0 aromatic carbocycles. The molecular weight excluding hydrogens is 314 g/mol. The van der Waals surface area contributed by atoms with Crippen molar-refractivity contribution in [2.75, 3.05) is 25.1 Å². The number of nitrogens with zero attached hydrogens (tertiary/aromatic N) is 1. The van der Waals surface area contributed by atoms with E-state index in [-0.39, 0.29) is 12.6 Å². The van der Waals surface area contributed by atoms with Crippen LogP contribution in [0.5, 0.6) is 0 Å². The second kappa shape index (κ2) is 6.03. The van der Waals surface area contributed by atoms with Crippen LogP contribution in [0.1, 0.15) is 43.7 Å². The highest BCUT2D eigenvalue weighted by molar-refractivity contribution is 7.13. The minimum absolute atomic E-state index is 0.116. The van der Waals surface area contributed by atoms with Crippen molar-refractivity contribution in [1.82, 2.24) is 10.3 Å². The molecular formula is C16H23N3O3S. The van der Waals surface area contributed by atoms with Crippen molar-refractivity contribution in [3.05, 3.63) is 11.1 Å². The van der Waals surface area contributed by atoms with Crippen molar-refractivity contribution in [3.63, 3.8) is 0 Å². The molecule has 4 rings (SSSR count). The summed E-state index contributed by atoms with van der Waals surface area (Å²) in [7, 11) is 0. The van der Waals surface area contributed by atoms with Gasteiger partial charge in [-0.2, -0.15) is 0 Å². The van der Waals surface area contributed by atoms with Crippen LogP contribution in [-0.4, -0.2) is 41.5 Å². The summed E-state index contributed by atoms with van der Waals surface area (Å²) in [6, 6.07) is -0.321. The molecule has 126 valence electrons.